The number of ether oxygens (including phenoxy) is 2. The van der Waals surface area contributed by atoms with Crippen LogP contribution in [0, 0.1) is 0 Å². The Morgan fingerprint density at radius 2 is 1.31 bits per heavy atom. The molecular formula is C49H37NO2. The fraction of sp³-hybridized carbons (Fsp3) is 0.143. The third kappa shape index (κ3) is 4.14. The van der Waals surface area contributed by atoms with E-state index in [4.69, 9.17) is 9.47 Å². The molecule has 2 aliphatic carbocycles. The molecular weight excluding hydrogens is 635 g/mol. The molecule has 0 fully saturated rings. The molecule has 6 aromatic carbocycles. The number of rotatable bonds is 3. The first kappa shape index (κ1) is 29.6. The first-order chi connectivity index (χ1) is 25.8. The molecule has 0 amide bonds. The van der Waals surface area contributed by atoms with Crippen molar-refractivity contribution in [1.82, 2.24) is 0 Å². The van der Waals surface area contributed by atoms with Crippen molar-refractivity contribution in [3.63, 3.8) is 0 Å². The number of fused-ring (bicyclic) bond motifs is 11. The van der Waals surface area contributed by atoms with Crippen LogP contribution in [0.5, 0.6) is 23.0 Å². The summed E-state index contributed by atoms with van der Waals surface area (Å²) >= 11 is 0. The summed E-state index contributed by atoms with van der Waals surface area (Å²) in [5.41, 5.74) is 12.7. The molecule has 52 heavy (non-hydrogen) atoms. The standard InChI is InChI=1S/C49H37NO2/c1-3-15-32(16-4-1)33-29-30-46-41(31-33)49(38-22-8-11-27-44(38)51-46)39-23-9-12-28-45(39)52-48-36(21-13-24-40(48)49)35-20-14-26-43-47(35)37-19-7-10-25-42(37)50(43)34-17-5-2-6-18-34/h1-5,7-9,11-17,19-24,26-31,37,42H,6,10,18,25H2. The summed E-state index contributed by atoms with van der Waals surface area (Å²) in [4.78, 5) is 2.67. The molecule has 0 saturated carbocycles. The second-order valence-electron chi connectivity index (χ2n) is 14.5. The summed E-state index contributed by atoms with van der Waals surface area (Å²) in [5.74, 6) is 3.84. The van der Waals surface area contributed by atoms with E-state index in [-0.39, 0.29) is 0 Å². The highest BCUT2D eigenvalue weighted by molar-refractivity contribution is 5.88. The van der Waals surface area contributed by atoms with Gasteiger partial charge in [0.15, 0.2) is 0 Å². The van der Waals surface area contributed by atoms with E-state index in [9.17, 15) is 0 Å². The van der Waals surface area contributed by atoms with Gasteiger partial charge < -0.3 is 14.4 Å². The van der Waals surface area contributed by atoms with E-state index in [2.05, 4.69) is 169 Å². The minimum Gasteiger partial charge on any atom is -0.457 e. The smallest absolute Gasteiger partial charge is 0.140 e. The lowest BCUT2D eigenvalue weighted by Gasteiger charge is -2.45. The van der Waals surface area contributed by atoms with Crippen LogP contribution >= 0.6 is 0 Å². The summed E-state index contributed by atoms with van der Waals surface area (Å²) in [6.07, 6.45) is 16.1. The molecule has 3 heteroatoms. The van der Waals surface area contributed by atoms with Crippen molar-refractivity contribution in [3.8, 4) is 45.3 Å². The Kier molecular flexibility index (Phi) is 6.55. The first-order valence-electron chi connectivity index (χ1n) is 18.6. The van der Waals surface area contributed by atoms with Crippen LogP contribution in [0.3, 0.4) is 0 Å². The van der Waals surface area contributed by atoms with Gasteiger partial charge in [0, 0.05) is 51.2 Å². The van der Waals surface area contributed by atoms with Gasteiger partial charge in [0.05, 0.1) is 5.41 Å². The molecule has 3 heterocycles. The van der Waals surface area contributed by atoms with E-state index in [1.165, 1.54) is 28.1 Å². The maximum atomic E-state index is 7.18. The Bertz CT molecular complexity index is 2490. The van der Waals surface area contributed by atoms with E-state index < -0.39 is 5.41 Å². The Hall–Kier alpha value is -6.06. The molecule has 3 nitrogen and oxygen atoms in total. The zero-order valence-electron chi connectivity index (χ0n) is 28.8. The number of benzene rings is 6. The van der Waals surface area contributed by atoms with Crippen molar-refractivity contribution in [1.29, 1.82) is 0 Å². The van der Waals surface area contributed by atoms with E-state index in [1.807, 2.05) is 0 Å². The van der Waals surface area contributed by atoms with Gasteiger partial charge in [-0.2, -0.15) is 0 Å². The number of nitrogens with zero attached hydrogens (tertiary/aromatic N) is 1. The number of para-hydroxylation sites is 3. The van der Waals surface area contributed by atoms with Crippen molar-refractivity contribution in [3.05, 3.63) is 197 Å². The van der Waals surface area contributed by atoms with Crippen LogP contribution < -0.4 is 14.4 Å². The Balaban J connectivity index is 1.20. The summed E-state index contributed by atoms with van der Waals surface area (Å²) in [7, 11) is 0. The molecule has 11 rings (SSSR count). The number of allylic oxidation sites excluding steroid dienone is 5. The van der Waals surface area contributed by atoms with Crippen molar-refractivity contribution in [2.75, 3.05) is 4.90 Å². The maximum Gasteiger partial charge on any atom is 0.140 e. The summed E-state index contributed by atoms with van der Waals surface area (Å²) in [6, 6.07) is 48.6. The maximum absolute atomic E-state index is 7.18. The van der Waals surface area contributed by atoms with E-state index in [1.54, 1.807) is 0 Å². The van der Waals surface area contributed by atoms with Crippen LogP contribution in [-0.2, 0) is 5.41 Å². The Morgan fingerprint density at radius 1 is 0.577 bits per heavy atom. The predicted molar refractivity (Wildman–Crippen MR) is 210 cm³/mol. The molecule has 6 aromatic rings. The highest BCUT2D eigenvalue weighted by Gasteiger charge is 2.51. The van der Waals surface area contributed by atoms with Gasteiger partial charge in [-0.25, -0.2) is 0 Å². The van der Waals surface area contributed by atoms with E-state index in [0.29, 0.717) is 12.0 Å². The second kappa shape index (κ2) is 11.5. The highest BCUT2D eigenvalue weighted by Crippen LogP contribution is 2.63. The van der Waals surface area contributed by atoms with Gasteiger partial charge in [0.2, 0.25) is 0 Å². The van der Waals surface area contributed by atoms with Crippen LogP contribution in [0.25, 0.3) is 22.3 Å². The number of hydrogen-bond donors (Lipinski definition) is 0. The lowest BCUT2D eigenvalue weighted by Crippen LogP contribution is -2.37. The van der Waals surface area contributed by atoms with Gasteiger partial charge >= 0.3 is 0 Å². The topological polar surface area (TPSA) is 21.7 Å². The van der Waals surface area contributed by atoms with Crippen LogP contribution in [0.2, 0.25) is 0 Å². The van der Waals surface area contributed by atoms with Crippen molar-refractivity contribution >= 4 is 5.69 Å². The molecule has 0 aromatic heterocycles. The molecule has 3 atom stereocenters. The fourth-order valence-corrected chi connectivity index (χ4v) is 9.79. The van der Waals surface area contributed by atoms with Crippen molar-refractivity contribution < 1.29 is 9.47 Å². The van der Waals surface area contributed by atoms with Gasteiger partial charge in [0.1, 0.15) is 23.0 Å². The number of anilines is 1. The third-order valence-corrected chi connectivity index (χ3v) is 11.9. The van der Waals surface area contributed by atoms with Crippen LogP contribution in [-0.4, -0.2) is 6.04 Å². The molecule has 0 saturated heterocycles. The lowest BCUT2D eigenvalue weighted by atomic mass is 9.61. The minimum atomic E-state index is -0.675. The van der Waals surface area contributed by atoms with Gasteiger partial charge in [-0.15, -0.1) is 0 Å². The molecule has 250 valence electrons. The Morgan fingerprint density at radius 3 is 2.13 bits per heavy atom. The Labute approximate surface area is 304 Å². The predicted octanol–water partition coefficient (Wildman–Crippen LogP) is 12.5. The van der Waals surface area contributed by atoms with Gasteiger partial charge in [-0.05, 0) is 84.3 Å². The van der Waals surface area contributed by atoms with E-state index in [0.717, 1.165) is 82.1 Å². The molecule has 0 radical (unpaired) electrons. The van der Waals surface area contributed by atoms with Gasteiger partial charge in [-0.1, -0.05) is 127 Å². The van der Waals surface area contributed by atoms with Crippen LogP contribution in [0.15, 0.2) is 170 Å². The molecule has 0 bridgehead atoms. The van der Waals surface area contributed by atoms with Crippen LogP contribution in [0.1, 0.15) is 59.4 Å². The highest BCUT2D eigenvalue weighted by atomic mass is 16.5. The van der Waals surface area contributed by atoms with Crippen molar-refractivity contribution in [2.24, 2.45) is 0 Å². The quantitative estimate of drug-likeness (QED) is 0.175. The second-order valence-corrected chi connectivity index (χ2v) is 14.5. The average molecular weight is 672 g/mol. The monoisotopic (exact) mass is 671 g/mol. The summed E-state index contributed by atoms with van der Waals surface area (Å²) in [6.45, 7) is 0. The third-order valence-electron chi connectivity index (χ3n) is 11.9. The zero-order chi connectivity index (χ0) is 34.2. The average Bonchev–Trinajstić information content (AvgIpc) is 3.56. The fourth-order valence-electron chi connectivity index (χ4n) is 9.79. The van der Waals surface area contributed by atoms with E-state index >= 15 is 0 Å². The molecule has 5 aliphatic rings. The lowest BCUT2D eigenvalue weighted by molar-refractivity contribution is 0.400. The van der Waals surface area contributed by atoms with Crippen molar-refractivity contribution in [2.45, 2.75) is 43.1 Å². The summed E-state index contributed by atoms with van der Waals surface area (Å²) in [5, 5.41) is 0. The molecule has 1 spiro atoms. The first-order valence-corrected chi connectivity index (χ1v) is 18.6. The molecule has 0 N–H and O–H groups in total. The zero-order valence-corrected chi connectivity index (χ0v) is 28.8. The van der Waals surface area contributed by atoms with Gasteiger partial charge in [0.25, 0.3) is 0 Å². The van der Waals surface area contributed by atoms with Crippen LogP contribution in [0.4, 0.5) is 5.69 Å². The SMILES string of the molecule is C1=CCCC(N2c3cccc(-c4cccc5c4Oc4ccccc4C54c5ccccc5Oc5ccc(-c6ccccc6)cc54)c3C3C=CCCC32)=C1. The normalized spacial score (nSPS) is 21.5. The largest absolute Gasteiger partial charge is 0.457 e. The molecule has 3 aliphatic heterocycles. The molecule has 3 unspecified atom stereocenters. The number of hydrogen-bond acceptors (Lipinski definition) is 3. The summed E-state index contributed by atoms with van der Waals surface area (Å²) < 4.78 is 13.9. The van der Waals surface area contributed by atoms with Gasteiger partial charge in [-0.3, -0.25) is 0 Å². The minimum absolute atomic E-state index is 0.311.